The van der Waals surface area contributed by atoms with E-state index in [1.54, 1.807) is 0 Å². The summed E-state index contributed by atoms with van der Waals surface area (Å²) in [5, 5.41) is 0. The van der Waals surface area contributed by atoms with Gasteiger partial charge in [0.1, 0.15) is 10.4 Å². The Morgan fingerprint density at radius 3 is 2.63 bits per heavy atom. The summed E-state index contributed by atoms with van der Waals surface area (Å²) in [6.45, 7) is 4.22. The van der Waals surface area contributed by atoms with Gasteiger partial charge >= 0.3 is 0 Å². The number of fused-ring (bicyclic) bond motifs is 1. The van der Waals surface area contributed by atoms with Gasteiger partial charge in [0, 0.05) is 17.4 Å². The van der Waals surface area contributed by atoms with Gasteiger partial charge in [-0.25, -0.2) is 4.98 Å². The Morgan fingerprint density at radius 2 is 1.89 bits per heavy atom. The molecule has 0 amide bonds. The molecule has 3 aromatic rings. The average Bonchev–Trinajstić information content (AvgIpc) is 2.70. The second kappa shape index (κ2) is 4.38. The lowest BCUT2D eigenvalue weighted by Crippen LogP contribution is -1.93. The molecule has 2 N–H and O–H groups in total. The summed E-state index contributed by atoms with van der Waals surface area (Å²) in [5.74, 6) is 0.900. The number of rotatable bonds is 1. The minimum Gasteiger partial charge on any atom is -0.398 e. The van der Waals surface area contributed by atoms with Crippen LogP contribution in [0.5, 0.6) is 0 Å². The Kier molecular flexibility index (Phi) is 2.82. The molecule has 0 spiro atoms. The summed E-state index contributed by atoms with van der Waals surface area (Å²) in [5.41, 5.74) is 11.2. The second-order valence-electron chi connectivity index (χ2n) is 4.74. The van der Waals surface area contributed by atoms with E-state index >= 15 is 0 Å². The number of hydrogen-bond acceptors (Lipinski definition) is 2. The van der Waals surface area contributed by atoms with Crippen LogP contribution in [0.3, 0.4) is 0 Å². The highest BCUT2D eigenvalue weighted by molar-refractivity contribution is 9.10. The van der Waals surface area contributed by atoms with Gasteiger partial charge in [-0.05, 0) is 59.1 Å². The molecule has 0 saturated heterocycles. The van der Waals surface area contributed by atoms with Crippen molar-refractivity contribution in [3.8, 4) is 11.4 Å². The Bertz CT molecular complexity index is 774. The summed E-state index contributed by atoms with van der Waals surface area (Å²) in [6, 6.07) is 10.2. The molecule has 0 bridgehead atoms. The van der Waals surface area contributed by atoms with Crippen LogP contribution < -0.4 is 5.73 Å². The first-order valence-corrected chi connectivity index (χ1v) is 6.86. The largest absolute Gasteiger partial charge is 0.398 e. The number of hydrogen-bond donors (Lipinski definition) is 1. The van der Waals surface area contributed by atoms with Crippen molar-refractivity contribution in [2.45, 2.75) is 13.8 Å². The van der Waals surface area contributed by atoms with Gasteiger partial charge in [0.05, 0.1) is 5.52 Å². The van der Waals surface area contributed by atoms with Crippen LogP contribution >= 0.6 is 15.9 Å². The maximum absolute atomic E-state index is 5.87. The minimum absolute atomic E-state index is 0.725. The molecular weight excluding hydrogens is 302 g/mol. The number of nitrogens with zero attached hydrogens (tertiary/aromatic N) is 2. The van der Waals surface area contributed by atoms with Gasteiger partial charge in [-0.3, -0.25) is 4.40 Å². The van der Waals surface area contributed by atoms with Crippen molar-refractivity contribution in [2.24, 2.45) is 0 Å². The first-order chi connectivity index (χ1) is 9.06. The monoisotopic (exact) mass is 315 g/mol. The van der Waals surface area contributed by atoms with Crippen LogP contribution in [0.1, 0.15) is 11.1 Å². The third kappa shape index (κ3) is 2.02. The smallest absolute Gasteiger partial charge is 0.145 e. The van der Waals surface area contributed by atoms with E-state index < -0.39 is 0 Å². The van der Waals surface area contributed by atoms with Crippen molar-refractivity contribution < 1.29 is 0 Å². The van der Waals surface area contributed by atoms with Crippen LogP contribution in [-0.2, 0) is 0 Å². The minimum atomic E-state index is 0.725. The molecule has 4 heteroatoms. The molecule has 0 aliphatic carbocycles. The van der Waals surface area contributed by atoms with E-state index in [0.717, 1.165) is 27.2 Å². The van der Waals surface area contributed by atoms with Crippen molar-refractivity contribution in [3.05, 3.63) is 52.3 Å². The average molecular weight is 316 g/mol. The number of anilines is 1. The van der Waals surface area contributed by atoms with E-state index in [2.05, 4.69) is 53.0 Å². The molecule has 2 aromatic heterocycles. The molecule has 1 aromatic carbocycles. The fourth-order valence-electron chi connectivity index (χ4n) is 2.15. The van der Waals surface area contributed by atoms with Crippen molar-refractivity contribution in [1.29, 1.82) is 0 Å². The molecule has 19 heavy (non-hydrogen) atoms. The summed E-state index contributed by atoms with van der Waals surface area (Å²) < 4.78 is 2.85. The number of imidazole rings is 1. The molecule has 0 aliphatic rings. The SMILES string of the molecule is Cc1ccc(-c2nc(Br)c3ccc(N)cn23)cc1C. The number of pyridine rings is 1. The predicted molar refractivity (Wildman–Crippen MR) is 82.2 cm³/mol. The van der Waals surface area contributed by atoms with E-state index in [-0.39, 0.29) is 0 Å². The first kappa shape index (κ1) is 12.2. The van der Waals surface area contributed by atoms with E-state index in [9.17, 15) is 0 Å². The number of nitrogen functional groups attached to an aromatic ring is 1. The third-order valence-corrected chi connectivity index (χ3v) is 3.96. The van der Waals surface area contributed by atoms with Gasteiger partial charge in [0.25, 0.3) is 0 Å². The van der Waals surface area contributed by atoms with Gasteiger partial charge in [0.2, 0.25) is 0 Å². The highest BCUT2D eigenvalue weighted by Crippen LogP contribution is 2.28. The Balaban J connectivity index is 2.29. The number of aryl methyl sites for hydroxylation is 2. The zero-order valence-corrected chi connectivity index (χ0v) is 12.4. The zero-order chi connectivity index (χ0) is 13.6. The fraction of sp³-hybridized carbons (Fsp3) is 0.133. The fourth-order valence-corrected chi connectivity index (χ4v) is 2.64. The molecule has 0 aliphatic heterocycles. The quantitative estimate of drug-likeness (QED) is 0.738. The van der Waals surface area contributed by atoms with E-state index in [4.69, 9.17) is 5.73 Å². The molecule has 3 nitrogen and oxygen atoms in total. The highest BCUT2D eigenvalue weighted by atomic mass is 79.9. The molecule has 0 radical (unpaired) electrons. The van der Waals surface area contributed by atoms with E-state index in [0.29, 0.717) is 0 Å². The molecule has 96 valence electrons. The Hall–Kier alpha value is -1.81. The maximum Gasteiger partial charge on any atom is 0.145 e. The summed E-state index contributed by atoms with van der Waals surface area (Å²) in [7, 11) is 0. The normalized spacial score (nSPS) is 11.1. The van der Waals surface area contributed by atoms with Crippen LogP contribution in [0.4, 0.5) is 5.69 Å². The lowest BCUT2D eigenvalue weighted by molar-refractivity contribution is 1.16. The van der Waals surface area contributed by atoms with Crippen LogP contribution in [0.15, 0.2) is 41.1 Å². The summed E-state index contributed by atoms with van der Waals surface area (Å²) in [4.78, 5) is 4.60. The Labute approximate surface area is 120 Å². The lowest BCUT2D eigenvalue weighted by atomic mass is 10.1. The van der Waals surface area contributed by atoms with Crippen LogP contribution in [0.25, 0.3) is 16.9 Å². The first-order valence-electron chi connectivity index (χ1n) is 6.07. The number of nitrogens with two attached hydrogens (primary N) is 1. The van der Waals surface area contributed by atoms with Gasteiger partial charge < -0.3 is 5.73 Å². The van der Waals surface area contributed by atoms with E-state index in [1.165, 1.54) is 11.1 Å². The lowest BCUT2D eigenvalue weighted by Gasteiger charge is -2.05. The number of halogens is 1. The van der Waals surface area contributed by atoms with E-state index in [1.807, 2.05) is 22.7 Å². The van der Waals surface area contributed by atoms with Crippen LogP contribution in [0, 0.1) is 13.8 Å². The summed E-state index contributed by atoms with van der Waals surface area (Å²) >= 11 is 3.50. The molecule has 0 atom stereocenters. The standard InChI is InChI=1S/C15H14BrN3/c1-9-3-4-11(7-10(9)2)15-18-14(16)13-6-5-12(17)8-19(13)15/h3-8H,17H2,1-2H3. The molecule has 0 saturated carbocycles. The molecular formula is C15H14BrN3. The van der Waals surface area contributed by atoms with Crippen molar-refractivity contribution in [1.82, 2.24) is 9.38 Å². The summed E-state index contributed by atoms with van der Waals surface area (Å²) in [6.07, 6.45) is 1.90. The molecule has 0 unspecified atom stereocenters. The second-order valence-corrected chi connectivity index (χ2v) is 5.49. The van der Waals surface area contributed by atoms with Crippen LogP contribution in [-0.4, -0.2) is 9.38 Å². The Morgan fingerprint density at radius 1 is 1.11 bits per heavy atom. The third-order valence-electron chi connectivity index (χ3n) is 3.38. The predicted octanol–water partition coefficient (Wildman–Crippen LogP) is 3.96. The van der Waals surface area contributed by atoms with Crippen molar-refractivity contribution in [2.75, 3.05) is 5.73 Å². The van der Waals surface area contributed by atoms with Gasteiger partial charge in [-0.1, -0.05) is 12.1 Å². The maximum atomic E-state index is 5.87. The molecule has 0 fully saturated rings. The highest BCUT2D eigenvalue weighted by Gasteiger charge is 2.11. The van der Waals surface area contributed by atoms with Crippen LogP contribution in [0.2, 0.25) is 0 Å². The topological polar surface area (TPSA) is 43.3 Å². The van der Waals surface area contributed by atoms with Crippen molar-refractivity contribution in [3.63, 3.8) is 0 Å². The van der Waals surface area contributed by atoms with Gasteiger partial charge in [0.15, 0.2) is 0 Å². The number of benzene rings is 1. The van der Waals surface area contributed by atoms with Gasteiger partial charge in [-0.15, -0.1) is 0 Å². The zero-order valence-electron chi connectivity index (χ0n) is 10.8. The van der Waals surface area contributed by atoms with Gasteiger partial charge in [-0.2, -0.15) is 0 Å². The molecule has 2 heterocycles. The number of aromatic nitrogens is 2. The molecule has 3 rings (SSSR count). The van der Waals surface area contributed by atoms with Crippen molar-refractivity contribution >= 4 is 27.1 Å².